The van der Waals surface area contributed by atoms with Crippen LogP contribution in [0.2, 0.25) is 0 Å². The number of rotatable bonds is 2. The summed E-state index contributed by atoms with van der Waals surface area (Å²) in [5.41, 5.74) is -0.379. The Morgan fingerprint density at radius 2 is 2.13 bits per heavy atom. The number of nitrogens with one attached hydrogen (secondary N) is 1. The molecule has 0 spiro atoms. The van der Waals surface area contributed by atoms with Crippen molar-refractivity contribution >= 4 is 38.5 Å². The van der Waals surface area contributed by atoms with Crippen molar-refractivity contribution in [2.24, 2.45) is 0 Å². The minimum atomic E-state index is -4.86. The Morgan fingerprint density at radius 1 is 1.53 bits per heavy atom. The lowest BCUT2D eigenvalue weighted by Gasteiger charge is -2.09. The van der Waals surface area contributed by atoms with E-state index in [1.165, 1.54) is 0 Å². The Labute approximate surface area is 104 Å². The molecule has 0 aliphatic rings. The van der Waals surface area contributed by atoms with Crippen LogP contribution in [0, 0.1) is 3.70 Å². The van der Waals surface area contributed by atoms with E-state index in [0.29, 0.717) is 14.6 Å². The van der Waals surface area contributed by atoms with Crippen LogP contribution in [0.3, 0.4) is 0 Å². The first-order valence-corrected chi connectivity index (χ1v) is 5.77. The van der Waals surface area contributed by atoms with Crippen molar-refractivity contribution in [3.8, 4) is 5.75 Å². The number of H-pyrrole nitrogens is 1. The number of halogens is 5. The summed E-state index contributed by atoms with van der Waals surface area (Å²) >= 11 is 4.90. The van der Waals surface area contributed by atoms with Gasteiger partial charge in [-0.05, 0) is 34.2 Å². The second kappa shape index (κ2) is 4.73. The Morgan fingerprint density at radius 3 is 2.60 bits per heavy atom. The molecule has 0 aromatic carbocycles. The standard InChI is InChI=1S/C7H4BrF3INO2/c8-2-3-1-4(15-7(9,10)11)6(14)13-5(3)12/h1H,2H2,(H,13,14). The summed E-state index contributed by atoms with van der Waals surface area (Å²) in [5, 5.41) is 0.330. The van der Waals surface area contributed by atoms with Crippen molar-refractivity contribution in [1.29, 1.82) is 0 Å². The number of hydrogen-bond donors (Lipinski definition) is 1. The zero-order valence-electron chi connectivity index (χ0n) is 6.99. The third-order valence-corrected chi connectivity index (χ3v) is 2.97. The molecule has 0 saturated heterocycles. The van der Waals surface area contributed by atoms with Crippen molar-refractivity contribution in [2.75, 3.05) is 0 Å². The number of hydrogen-bond acceptors (Lipinski definition) is 2. The molecular formula is C7H4BrF3INO2. The molecule has 0 aliphatic carbocycles. The molecule has 0 saturated carbocycles. The molecule has 1 heterocycles. The van der Waals surface area contributed by atoms with Gasteiger partial charge in [-0.1, -0.05) is 15.9 Å². The molecule has 8 heteroatoms. The fourth-order valence-electron chi connectivity index (χ4n) is 0.826. The second-order valence-corrected chi connectivity index (χ2v) is 4.12. The summed E-state index contributed by atoms with van der Waals surface area (Å²) in [6.45, 7) is 0. The van der Waals surface area contributed by atoms with Gasteiger partial charge in [-0.25, -0.2) is 0 Å². The Bertz CT molecular complexity index is 418. The predicted molar refractivity (Wildman–Crippen MR) is 59.1 cm³/mol. The van der Waals surface area contributed by atoms with Crippen molar-refractivity contribution in [3.05, 3.63) is 25.7 Å². The summed E-state index contributed by atoms with van der Waals surface area (Å²) in [4.78, 5) is 13.3. The maximum absolute atomic E-state index is 11.9. The van der Waals surface area contributed by atoms with E-state index < -0.39 is 17.7 Å². The normalized spacial score (nSPS) is 11.5. The van der Waals surface area contributed by atoms with E-state index in [4.69, 9.17) is 0 Å². The van der Waals surface area contributed by atoms with E-state index in [0.717, 1.165) is 6.07 Å². The van der Waals surface area contributed by atoms with Crippen LogP contribution in [-0.2, 0) is 5.33 Å². The summed E-state index contributed by atoms with van der Waals surface area (Å²) in [6.07, 6.45) is -4.86. The van der Waals surface area contributed by atoms with Crippen LogP contribution in [0.25, 0.3) is 0 Å². The molecule has 0 atom stereocenters. The molecule has 0 radical (unpaired) electrons. The van der Waals surface area contributed by atoms with Crippen LogP contribution >= 0.6 is 38.5 Å². The molecular weight excluding hydrogens is 394 g/mol. The number of aromatic nitrogens is 1. The molecule has 0 unspecified atom stereocenters. The smallest absolute Gasteiger partial charge is 0.400 e. The average molecular weight is 398 g/mol. The molecule has 0 aliphatic heterocycles. The lowest BCUT2D eigenvalue weighted by atomic mass is 10.3. The van der Waals surface area contributed by atoms with Gasteiger partial charge >= 0.3 is 6.36 Å². The van der Waals surface area contributed by atoms with Crippen molar-refractivity contribution < 1.29 is 17.9 Å². The van der Waals surface area contributed by atoms with Gasteiger partial charge in [0.05, 0.1) is 3.70 Å². The summed E-state index contributed by atoms with van der Waals surface area (Å²) in [7, 11) is 0. The summed E-state index contributed by atoms with van der Waals surface area (Å²) in [6, 6.07) is 1.06. The van der Waals surface area contributed by atoms with E-state index in [1.807, 2.05) is 22.6 Å². The van der Waals surface area contributed by atoms with Gasteiger partial charge in [0, 0.05) is 5.33 Å². The molecule has 1 N–H and O–H groups in total. The number of pyridine rings is 1. The maximum Gasteiger partial charge on any atom is 0.573 e. The van der Waals surface area contributed by atoms with Gasteiger partial charge in [0.2, 0.25) is 0 Å². The van der Waals surface area contributed by atoms with E-state index in [-0.39, 0.29) is 0 Å². The minimum Gasteiger partial charge on any atom is -0.400 e. The molecule has 0 amide bonds. The average Bonchev–Trinajstić information content (AvgIpc) is 2.07. The van der Waals surface area contributed by atoms with Crippen LogP contribution in [0.5, 0.6) is 5.75 Å². The quantitative estimate of drug-likeness (QED) is 0.473. The lowest BCUT2D eigenvalue weighted by Crippen LogP contribution is -2.23. The first kappa shape index (κ1) is 12.8. The van der Waals surface area contributed by atoms with Crippen molar-refractivity contribution in [1.82, 2.24) is 4.98 Å². The van der Waals surface area contributed by atoms with Gasteiger partial charge < -0.3 is 9.72 Å². The van der Waals surface area contributed by atoms with Crippen LogP contribution in [0.4, 0.5) is 13.2 Å². The fraction of sp³-hybridized carbons (Fsp3) is 0.286. The van der Waals surface area contributed by atoms with Gasteiger partial charge in [0.1, 0.15) is 0 Å². The Hall–Kier alpha value is -0.250. The minimum absolute atomic E-state index is 0.330. The van der Waals surface area contributed by atoms with Crippen LogP contribution in [0.1, 0.15) is 5.56 Å². The summed E-state index contributed by atoms with van der Waals surface area (Å²) < 4.78 is 39.6. The molecule has 1 aromatic heterocycles. The van der Waals surface area contributed by atoms with Crippen LogP contribution in [-0.4, -0.2) is 11.3 Å². The highest BCUT2D eigenvalue weighted by molar-refractivity contribution is 14.1. The highest BCUT2D eigenvalue weighted by atomic mass is 127. The van der Waals surface area contributed by atoms with Gasteiger partial charge in [0.15, 0.2) is 5.75 Å². The van der Waals surface area contributed by atoms with E-state index in [9.17, 15) is 18.0 Å². The van der Waals surface area contributed by atoms with E-state index in [1.54, 1.807) is 0 Å². The number of alkyl halides is 4. The molecule has 1 rings (SSSR count). The SMILES string of the molecule is O=c1[nH]c(I)c(CBr)cc1OC(F)(F)F. The third kappa shape index (κ3) is 3.67. The third-order valence-electron chi connectivity index (χ3n) is 1.40. The van der Waals surface area contributed by atoms with Gasteiger partial charge in [-0.15, -0.1) is 13.2 Å². The summed E-state index contributed by atoms with van der Waals surface area (Å²) in [5.74, 6) is -0.752. The van der Waals surface area contributed by atoms with Crippen LogP contribution < -0.4 is 10.3 Å². The predicted octanol–water partition coefficient (Wildman–Crippen LogP) is 2.77. The molecule has 0 bridgehead atoms. The Balaban J connectivity index is 3.14. The largest absolute Gasteiger partial charge is 0.573 e. The first-order chi connectivity index (χ1) is 6.83. The Kier molecular flexibility index (Phi) is 4.04. The van der Waals surface area contributed by atoms with Gasteiger partial charge in [-0.2, -0.15) is 0 Å². The van der Waals surface area contributed by atoms with E-state index in [2.05, 4.69) is 25.7 Å². The number of ether oxygens (including phenoxy) is 1. The molecule has 1 aromatic rings. The van der Waals surface area contributed by atoms with Crippen molar-refractivity contribution in [3.63, 3.8) is 0 Å². The topological polar surface area (TPSA) is 42.1 Å². The van der Waals surface area contributed by atoms with Gasteiger partial charge in [-0.3, -0.25) is 4.79 Å². The fourth-order valence-corrected chi connectivity index (χ4v) is 2.38. The van der Waals surface area contributed by atoms with Crippen molar-refractivity contribution in [2.45, 2.75) is 11.7 Å². The van der Waals surface area contributed by atoms with Crippen LogP contribution in [0.15, 0.2) is 10.9 Å². The molecule has 0 fully saturated rings. The lowest BCUT2D eigenvalue weighted by molar-refractivity contribution is -0.275. The molecule has 3 nitrogen and oxygen atoms in total. The second-order valence-electron chi connectivity index (χ2n) is 2.48. The van der Waals surface area contributed by atoms with Gasteiger partial charge in [0.25, 0.3) is 5.56 Å². The zero-order valence-corrected chi connectivity index (χ0v) is 10.7. The first-order valence-electron chi connectivity index (χ1n) is 3.57. The number of aromatic amines is 1. The molecule has 15 heavy (non-hydrogen) atoms. The maximum atomic E-state index is 11.9. The highest BCUT2D eigenvalue weighted by Gasteiger charge is 2.32. The van der Waals surface area contributed by atoms with E-state index >= 15 is 0 Å². The highest BCUT2D eigenvalue weighted by Crippen LogP contribution is 2.22. The zero-order chi connectivity index (χ0) is 11.6. The molecule has 84 valence electrons. The monoisotopic (exact) mass is 397 g/mol.